The number of nitrogens with one attached hydrogen (secondary N) is 1. The molecule has 1 fully saturated rings. The Bertz CT molecular complexity index is 403. The van der Waals surface area contributed by atoms with Gasteiger partial charge in [0.2, 0.25) is 0 Å². The Morgan fingerprint density at radius 3 is 2.95 bits per heavy atom. The van der Waals surface area contributed by atoms with Crippen LogP contribution in [0, 0.1) is 5.82 Å². The number of aliphatic hydroxyl groups excluding tert-OH is 2. The molecule has 19 heavy (non-hydrogen) atoms. The second-order valence-electron chi connectivity index (χ2n) is 5.01. The molecule has 1 aliphatic rings. The Labute approximate surface area is 112 Å². The monoisotopic (exact) mass is 268 g/mol. The number of β-amino-alcohol motifs (C(OH)–C–C–N with tert-alkyl or cyclic N) is 1. The molecule has 0 amide bonds. The lowest BCUT2D eigenvalue weighted by Gasteiger charge is -2.36. The van der Waals surface area contributed by atoms with E-state index in [9.17, 15) is 9.50 Å². The van der Waals surface area contributed by atoms with E-state index >= 15 is 0 Å². The molecule has 4 nitrogen and oxygen atoms in total. The van der Waals surface area contributed by atoms with Gasteiger partial charge >= 0.3 is 0 Å². The number of halogens is 1. The van der Waals surface area contributed by atoms with Crippen LogP contribution in [-0.4, -0.2) is 53.5 Å². The first-order valence-electron chi connectivity index (χ1n) is 6.68. The molecule has 1 heterocycles. The molecule has 0 saturated carbocycles. The van der Waals surface area contributed by atoms with Gasteiger partial charge in [-0.1, -0.05) is 12.1 Å². The molecule has 3 N–H and O–H groups in total. The third kappa shape index (κ3) is 4.24. The van der Waals surface area contributed by atoms with Crippen LogP contribution in [0.2, 0.25) is 0 Å². The zero-order valence-electron chi connectivity index (χ0n) is 10.9. The highest BCUT2D eigenvalue weighted by molar-refractivity contribution is 5.16. The Morgan fingerprint density at radius 2 is 2.26 bits per heavy atom. The highest BCUT2D eigenvalue weighted by Crippen LogP contribution is 2.15. The number of hydrogen-bond acceptors (Lipinski definition) is 4. The van der Waals surface area contributed by atoms with Crippen LogP contribution in [0.15, 0.2) is 24.3 Å². The second-order valence-corrected chi connectivity index (χ2v) is 5.01. The Morgan fingerprint density at radius 1 is 1.42 bits per heavy atom. The molecule has 1 aromatic rings. The third-order valence-electron chi connectivity index (χ3n) is 3.48. The maximum Gasteiger partial charge on any atom is 0.123 e. The Hall–Kier alpha value is -1.01. The van der Waals surface area contributed by atoms with Crippen LogP contribution in [0.5, 0.6) is 0 Å². The van der Waals surface area contributed by atoms with Crippen LogP contribution in [0.3, 0.4) is 0 Å². The standard InChI is InChI=1S/C14H21FN2O2/c15-12-3-1-2-11(8-12)9-17-6-4-13(14(19)10-17)16-5-7-18/h1-3,8,13-14,16,18-19H,4-7,9-10H2/t13-,14-/m1/s1. The van der Waals surface area contributed by atoms with Crippen LogP contribution in [0.4, 0.5) is 4.39 Å². The Balaban J connectivity index is 1.84. The number of hydrogen-bond donors (Lipinski definition) is 3. The van der Waals surface area contributed by atoms with Gasteiger partial charge in [-0.05, 0) is 24.1 Å². The smallest absolute Gasteiger partial charge is 0.123 e. The maximum absolute atomic E-state index is 13.1. The highest BCUT2D eigenvalue weighted by Gasteiger charge is 2.26. The first-order chi connectivity index (χ1) is 9.19. The number of rotatable bonds is 5. The van der Waals surface area contributed by atoms with Gasteiger partial charge in [0.1, 0.15) is 5.82 Å². The summed E-state index contributed by atoms with van der Waals surface area (Å²) >= 11 is 0. The second kappa shape index (κ2) is 6.96. The van der Waals surface area contributed by atoms with Crippen molar-refractivity contribution in [3.05, 3.63) is 35.6 Å². The first kappa shape index (κ1) is 14.4. The van der Waals surface area contributed by atoms with Crippen molar-refractivity contribution in [1.82, 2.24) is 10.2 Å². The lowest BCUT2D eigenvalue weighted by atomic mass is 10.0. The van der Waals surface area contributed by atoms with E-state index < -0.39 is 6.10 Å². The largest absolute Gasteiger partial charge is 0.395 e. The molecule has 0 unspecified atom stereocenters. The first-order valence-corrected chi connectivity index (χ1v) is 6.68. The van der Waals surface area contributed by atoms with Gasteiger partial charge in [-0.2, -0.15) is 0 Å². The lowest BCUT2D eigenvalue weighted by Crippen LogP contribution is -2.52. The van der Waals surface area contributed by atoms with Crippen molar-refractivity contribution < 1.29 is 14.6 Å². The molecule has 0 radical (unpaired) electrons. The molecule has 0 bridgehead atoms. The lowest BCUT2D eigenvalue weighted by molar-refractivity contribution is 0.0357. The summed E-state index contributed by atoms with van der Waals surface area (Å²) in [7, 11) is 0. The van der Waals surface area contributed by atoms with Gasteiger partial charge in [-0.15, -0.1) is 0 Å². The van der Waals surface area contributed by atoms with Crippen molar-refractivity contribution in [1.29, 1.82) is 0 Å². The molecule has 1 saturated heterocycles. The maximum atomic E-state index is 13.1. The number of benzene rings is 1. The van der Waals surface area contributed by atoms with Gasteiger partial charge in [0.05, 0.1) is 12.7 Å². The normalized spacial score (nSPS) is 24.6. The van der Waals surface area contributed by atoms with Crippen molar-refractivity contribution in [3.8, 4) is 0 Å². The zero-order chi connectivity index (χ0) is 13.7. The summed E-state index contributed by atoms with van der Waals surface area (Å²) in [4.78, 5) is 2.12. The molecule has 0 spiro atoms. The Kier molecular flexibility index (Phi) is 5.27. The fourth-order valence-corrected chi connectivity index (χ4v) is 2.52. The minimum absolute atomic E-state index is 0.0379. The minimum Gasteiger partial charge on any atom is -0.395 e. The van der Waals surface area contributed by atoms with Gasteiger partial charge < -0.3 is 15.5 Å². The number of likely N-dealkylation sites (tertiary alicyclic amines) is 1. The molecule has 2 rings (SSSR count). The van der Waals surface area contributed by atoms with Crippen molar-refractivity contribution >= 4 is 0 Å². The number of piperidine rings is 1. The third-order valence-corrected chi connectivity index (χ3v) is 3.48. The van der Waals surface area contributed by atoms with Gasteiger partial charge in [-0.25, -0.2) is 4.39 Å². The molecular formula is C14H21FN2O2. The van der Waals surface area contributed by atoms with Crippen molar-refractivity contribution in [2.75, 3.05) is 26.2 Å². The molecule has 5 heteroatoms. The average molecular weight is 268 g/mol. The van der Waals surface area contributed by atoms with Crippen molar-refractivity contribution in [2.24, 2.45) is 0 Å². The van der Waals surface area contributed by atoms with Crippen LogP contribution in [-0.2, 0) is 6.54 Å². The van der Waals surface area contributed by atoms with Crippen molar-refractivity contribution in [3.63, 3.8) is 0 Å². The highest BCUT2D eigenvalue weighted by atomic mass is 19.1. The molecule has 1 aliphatic heterocycles. The van der Waals surface area contributed by atoms with Gasteiger partial charge in [0.25, 0.3) is 0 Å². The van der Waals surface area contributed by atoms with E-state index in [1.807, 2.05) is 6.07 Å². The van der Waals surface area contributed by atoms with Gasteiger partial charge in [0.15, 0.2) is 0 Å². The summed E-state index contributed by atoms with van der Waals surface area (Å²) in [5.41, 5.74) is 0.925. The molecule has 106 valence electrons. The average Bonchev–Trinajstić information content (AvgIpc) is 2.38. The summed E-state index contributed by atoms with van der Waals surface area (Å²) in [6.07, 6.45) is 0.380. The van der Waals surface area contributed by atoms with E-state index in [4.69, 9.17) is 5.11 Å². The van der Waals surface area contributed by atoms with Gasteiger partial charge in [0, 0.05) is 32.2 Å². The van der Waals surface area contributed by atoms with Crippen LogP contribution in [0.1, 0.15) is 12.0 Å². The van der Waals surface area contributed by atoms with E-state index in [0.29, 0.717) is 19.6 Å². The SMILES string of the molecule is OCCN[C@@H]1CCN(Cc2cccc(F)c2)C[C@H]1O. The summed E-state index contributed by atoms with van der Waals surface area (Å²) in [6, 6.07) is 6.60. The summed E-state index contributed by atoms with van der Waals surface area (Å²) < 4.78 is 13.1. The van der Waals surface area contributed by atoms with E-state index in [-0.39, 0.29) is 18.5 Å². The minimum atomic E-state index is -0.450. The summed E-state index contributed by atoms with van der Waals surface area (Å²) in [6.45, 7) is 2.67. The number of nitrogens with zero attached hydrogens (tertiary/aromatic N) is 1. The molecule has 1 aromatic carbocycles. The number of aliphatic hydroxyl groups is 2. The van der Waals surface area contributed by atoms with E-state index in [1.165, 1.54) is 12.1 Å². The fourth-order valence-electron chi connectivity index (χ4n) is 2.52. The quantitative estimate of drug-likeness (QED) is 0.721. The topological polar surface area (TPSA) is 55.7 Å². The molecular weight excluding hydrogens is 247 g/mol. The van der Waals surface area contributed by atoms with Crippen molar-refractivity contribution in [2.45, 2.75) is 25.1 Å². The van der Waals surface area contributed by atoms with Crippen LogP contribution >= 0.6 is 0 Å². The van der Waals surface area contributed by atoms with E-state index in [0.717, 1.165) is 18.5 Å². The van der Waals surface area contributed by atoms with Crippen LogP contribution < -0.4 is 5.32 Å². The van der Waals surface area contributed by atoms with E-state index in [2.05, 4.69) is 10.2 Å². The molecule has 0 aliphatic carbocycles. The van der Waals surface area contributed by atoms with Gasteiger partial charge in [-0.3, -0.25) is 4.90 Å². The molecule has 0 aromatic heterocycles. The predicted octanol–water partition coefficient (Wildman–Crippen LogP) is 0.343. The van der Waals surface area contributed by atoms with Crippen LogP contribution in [0.25, 0.3) is 0 Å². The zero-order valence-corrected chi connectivity index (χ0v) is 10.9. The summed E-state index contributed by atoms with van der Waals surface area (Å²) in [5.74, 6) is -0.224. The van der Waals surface area contributed by atoms with E-state index in [1.54, 1.807) is 6.07 Å². The molecule has 2 atom stereocenters. The predicted molar refractivity (Wildman–Crippen MR) is 71.2 cm³/mol. The summed E-state index contributed by atoms with van der Waals surface area (Å²) in [5, 5.41) is 21.9. The fraction of sp³-hybridized carbons (Fsp3) is 0.571.